The Hall–Kier alpha value is -0.120. The highest BCUT2D eigenvalue weighted by Gasteiger charge is 2.21. The van der Waals surface area contributed by atoms with E-state index in [4.69, 9.17) is 14.2 Å². The molecule has 1 aliphatic heterocycles. The molecule has 0 aromatic heterocycles. The number of hydrogen-bond acceptors (Lipinski definition) is 3. The van der Waals surface area contributed by atoms with Crippen molar-refractivity contribution < 1.29 is 14.2 Å². The molecule has 78 valence electrons. The van der Waals surface area contributed by atoms with Gasteiger partial charge in [-0.3, -0.25) is 0 Å². The molecule has 0 N–H and O–H groups in total. The molecule has 1 fully saturated rings. The fourth-order valence-electron chi connectivity index (χ4n) is 0.521. The van der Waals surface area contributed by atoms with Gasteiger partial charge >= 0.3 is 0 Å². The summed E-state index contributed by atoms with van der Waals surface area (Å²) in [6.07, 6.45) is 0.377. The minimum atomic E-state index is 0. The SMILES string of the molecule is C.C.C.COCCOCC1CO1. The number of hydrogen-bond donors (Lipinski definition) is 0. The van der Waals surface area contributed by atoms with Crippen molar-refractivity contribution >= 4 is 0 Å². The molecule has 0 aliphatic carbocycles. The molecule has 0 bridgehead atoms. The first kappa shape index (κ1) is 17.8. The third-order valence-corrected chi connectivity index (χ3v) is 1.14. The molecule has 0 amide bonds. The molecule has 1 unspecified atom stereocenters. The zero-order valence-corrected chi connectivity index (χ0v) is 5.63. The van der Waals surface area contributed by atoms with Crippen LogP contribution >= 0.6 is 0 Å². The van der Waals surface area contributed by atoms with Gasteiger partial charge in [0.15, 0.2) is 0 Å². The summed E-state index contributed by atoms with van der Waals surface area (Å²) in [6, 6.07) is 0. The summed E-state index contributed by atoms with van der Waals surface area (Å²) in [4.78, 5) is 0. The van der Waals surface area contributed by atoms with Crippen LogP contribution in [0.2, 0.25) is 0 Å². The second-order valence-corrected chi connectivity index (χ2v) is 2.02. The third-order valence-electron chi connectivity index (χ3n) is 1.14. The van der Waals surface area contributed by atoms with Gasteiger partial charge in [-0.05, 0) is 0 Å². The lowest BCUT2D eigenvalue weighted by Gasteiger charge is -1.98. The summed E-state index contributed by atoms with van der Waals surface area (Å²) >= 11 is 0. The van der Waals surface area contributed by atoms with Crippen molar-refractivity contribution in [2.75, 3.05) is 33.5 Å². The molecule has 1 saturated heterocycles. The van der Waals surface area contributed by atoms with Gasteiger partial charge in [0.25, 0.3) is 0 Å². The van der Waals surface area contributed by atoms with E-state index in [1.54, 1.807) is 7.11 Å². The fourth-order valence-corrected chi connectivity index (χ4v) is 0.521. The van der Waals surface area contributed by atoms with E-state index in [0.717, 1.165) is 13.2 Å². The molecule has 1 heterocycles. The van der Waals surface area contributed by atoms with Crippen molar-refractivity contribution in [3.05, 3.63) is 0 Å². The van der Waals surface area contributed by atoms with Gasteiger partial charge < -0.3 is 14.2 Å². The number of methoxy groups -OCH3 is 1. The maximum atomic E-state index is 5.15. The van der Waals surface area contributed by atoms with Crippen LogP contribution < -0.4 is 0 Å². The molecule has 1 atom stereocenters. The van der Waals surface area contributed by atoms with Crippen molar-refractivity contribution in [2.45, 2.75) is 28.4 Å². The van der Waals surface area contributed by atoms with E-state index in [9.17, 15) is 0 Å². The first-order valence-electron chi connectivity index (χ1n) is 3.12. The Morgan fingerprint density at radius 3 is 2.25 bits per heavy atom. The summed E-state index contributed by atoms with van der Waals surface area (Å²) in [5.41, 5.74) is 0. The minimum Gasteiger partial charge on any atom is -0.382 e. The molecule has 0 aromatic carbocycles. The summed E-state index contributed by atoms with van der Waals surface area (Å²) < 4.78 is 14.8. The average Bonchev–Trinajstić information content (AvgIpc) is 2.63. The molecule has 3 heteroatoms. The van der Waals surface area contributed by atoms with Crippen molar-refractivity contribution in [3.63, 3.8) is 0 Å². The topological polar surface area (TPSA) is 31.0 Å². The number of rotatable bonds is 5. The molecule has 1 aliphatic rings. The van der Waals surface area contributed by atoms with Crippen LogP contribution in [-0.2, 0) is 14.2 Å². The van der Waals surface area contributed by atoms with Crippen LogP contribution in [-0.4, -0.2) is 39.6 Å². The van der Waals surface area contributed by atoms with E-state index in [0.29, 0.717) is 19.3 Å². The van der Waals surface area contributed by atoms with Crippen LogP contribution in [0.1, 0.15) is 22.3 Å². The number of ether oxygens (including phenoxy) is 3. The van der Waals surface area contributed by atoms with Gasteiger partial charge in [0.2, 0.25) is 0 Å². The highest BCUT2D eigenvalue weighted by Crippen LogP contribution is 2.07. The monoisotopic (exact) mass is 180 g/mol. The van der Waals surface area contributed by atoms with Crippen molar-refractivity contribution in [1.29, 1.82) is 0 Å². The van der Waals surface area contributed by atoms with E-state index in [1.165, 1.54) is 0 Å². The Morgan fingerprint density at radius 1 is 1.25 bits per heavy atom. The molecule has 1 rings (SSSR count). The van der Waals surface area contributed by atoms with Gasteiger partial charge in [-0.1, -0.05) is 22.3 Å². The Kier molecular flexibility index (Phi) is 16.2. The van der Waals surface area contributed by atoms with Gasteiger partial charge in [0, 0.05) is 7.11 Å². The van der Waals surface area contributed by atoms with E-state index in [1.807, 2.05) is 0 Å². The molecule has 0 saturated carbocycles. The second kappa shape index (κ2) is 10.9. The molecule has 3 nitrogen and oxygen atoms in total. The first-order chi connectivity index (χ1) is 4.43. The van der Waals surface area contributed by atoms with Crippen molar-refractivity contribution in [2.24, 2.45) is 0 Å². The van der Waals surface area contributed by atoms with Gasteiger partial charge in [-0.15, -0.1) is 0 Å². The summed E-state index contributed by atoms with van der Waals surface area (Å²) in [5, 5.41) is 0. The minimum absolute atomic E-state index is 0. The van der Waals surface area contributed by atoms with Crippen LogP contribution in [0.25, 0.3) is 0 Å². The lowest BCUT2D eigenvalue weighted by atomic mass is 10.5. The van der Waals surface area contributed by atoms with Gasteiger partial charge in [0.05, 0.1) is 26.4 Å². The number of epoxide rings is 1. The highest BCUT2D eigenvalue weighted by molar-refractivity contribution is 4.66. The highest BCUT2D eigenvalue weighted by atomic mass is 16.6. The lowest BCUT2D eigenvalue weighted by Crippen LogP contribution is -2.06. The van der Waals surface area contributed by atoms with Crippen LogP contribution in [0.5, 0.6) is 0 Å². The summed E-state index contributed by atoms with van der Waals surface area (Å²) in [6.45, 7) is 2.94. The Morgan fingerprint density at radius 2 is 1.83 bits per heavy atom. The lowest BCUT2D eigenvalue weighted by molar-refractivity contribution is 0.0622. The van der Waals surface area contributed by atoms with Crippen LogP contribution in [0.3, 0.4) is 0 Å². The van der Waals surface area contributed by atoms with E-state index in [2.05, 4.69) is 0 Å². The molecule has 0 radical (unpaired) electrons. The largest absolute Gasteiger partial charge is 0.382 e. The van der Waals surface area contributed by atoms with Gasteiger partial charge in [-0.25, -0.2) is 0 Å². The van der Waals surface area contributed by atoms with Crippen LogP contribution in [0.4, 0.5) is 0 Å². The van der Waals surface area contributed by atoms with Gasteiger partial charge in [-0.2, -0.15) is 0 Å². The van der Waals surface area contributed by atoms with E-state index < -0.39 is 0 Å². The molecular formula is C9H24O3. The third kappa shape index (κ3) is 9.88. The predicted molar refractivity (Wildman–Crippen MR) is 52.6 cm³/mol. The maximum absolute atomic E-state index is 5.15. The zero-order chi connectivity index (χ0) is 6.53. The Bertz CT molecular complexity index is 72.2. The fraction of sp³-hybridized carbons (Fsp3) is 1.00. The molecule has 0 spiro atoms. The van der Waals surface area contributed by atoms with Gasteiger partial charge in [0.1, 0.15) is 6.10 Å². The summed E-state index contributed by atoms with van der Waals surface area (Å²) in [7, 11) is 1.66. The maximum Gasteiger partial charge on any atom is 0.104 e. The second-order valence-electron chi connectivity index (χ2n) is 2.02. The smallest absolute Gasteiger partial charge is 0.104 e. The molecule has 0 aromatic rings. The summed E-state index contributed by atoms with van der Waals surface area (Å²) in [5.74, 6) is 0. The first-order valence-corrected chi connectivity index (χ1v) is 3.12. The van der Waals surface area contributed by atoms with Crippen molar-refractivity contribution in [1.82, 2.24) is 0 Å². The van der Waals surface area contributed by atoms with Crippen molar-refractivity contribution in [3.8, 4) is 0 Å². The average molecular weight is 180 g/mol. The normalized spacial score (nSPS) is 18.2. The standard InChI is InChI=1S/C6H12O3.3CH4/c1-7-2-3-8-4-6-5-9-6;;;/h6H,2-5H2,1H3;3*1H4. The predicted octanol–water partition coefficient (Wildman–Crippen LogP) is 1.96. The van der Waals surface area contributed by atoms with E-state index in [-0.39, 0.29) is 22.3 Å². The zero-order valence-electron chi connectivity index (χ0n) is 5.63. The Labute approximate surface area is 77.0 Å². The Balaban J connectivity index is -0.000000270. The quantitative estimate of drug-likeness (QED) is 0.478. The van der Waals surface area contributed by atoms with E-state index >= 15 is 0 Å². The van der Waals surface area contributed by atoms with Crippen LogP contribution in [0, 0.1) is 0 Å². The molecular weight excluding hydrogens is 156 g/mol. The molecule has 12 heavy (non-hydrogen) atoms. The van der Waals surface area contributed by atoms with Crippen LogP contribution in [0.15, 0.2) is 0 Å².